The summed E-state index contributed by atoms with van der Waals surface area (Å²) in [4.78, 5) is 34.2. The molecule has 0 saturated heterocycles. The Hall–Kier alpha value is -0.220. The second kappa shape index (κ2) is 3.98. The maximum atomic E-state index is 11.8. The van der Waals surface area contributed by atoms with Crippen molar-refractivity contribution >= 4 is 44.9 Å². The third-order valence-corrected chi connectivity index (χ3v) is 5.19. The lowest BCUT2D eigenvalue weighted by molar-refractivity contribution is -0.143. The van der Waals surface area contributed by atoms with Gasteiger partial charge in [0, 0.05) is 5.41 Å². The van der Waals surface area contributed by atoms with E-state index < -0.39 is 33.1 Å². The van der Waals surface area contributed by atoms with Gasteiger partial charge in [-0.2, -0.15) is 0 Å². The molecule has 15 heavy (non-hydrogen) atoms. The van der Waals surface area contributed by atoms with Gasteiger partial charge in [0.15, 0.2) is 11.6 Å². The molecule has 1 fully saturated rings. The second-order valence-corrected chi connectivity index (χ2v) is 5.75. The Kier molecular flexibility index (Phi) is 3.41. The van der Waals surface area contributed by atoms with Crippen LogP contribution in [-0.4, -0.2) is 27.6 Å². The molecular weight excluding hydrogens is 283 g/mol. The van der Waals surface area contributed by atoms with Gasteiger partial charge in [-0.3, -0.25) is 14.4 Å². The Bertz CT molecular complexity index is 314. The maximum Gasteiger partial charge on any atom is 0.169 e. The van der Waals surface area contributed by atoms with E-state index in [0.717, 1.165) is 0 Å². The van der Waals surface area contributed by atoms with Crippen molar-refractivity contribution in [2.24, 2.45) is 11.3 Å². The molecule has 0 amide bonds. The minimum atomic E-state index is -1.19. The highest BCUT2D eigenvalue weighted by Gasteiger charge is 2.54. The number of carbonyl (C=O) groups excluding carboxylic acids is 3. The molecule has 1 rings (SSSR count). The average Bonchev–Trinajstić information content (AvgIpc) is 2.12. The molecule has 0 heterocycles. The number of ketones is 3. The molecule has 0 bridgehead atoms. The van der Waals surface area contributed by atoms with Gasteiger partial charge in [0.25, 0.3) is 0 Å². The summed E-state index contributed by atoms with van der Waals surface area (Å²) in [5.41, 5.74) is -0.665. The van der Waals surface area contributed by atoms with Crippen LogP contribution in [0, 0.1) is 11.3 Å². The summed E-state index contributed by atoms with van der Waals surface area (Å²) >= 11 is 9.19. The number of Topliss-reactive ketones (excluding diaryl/α,β-unsaturated/α-hetero) is 3. The third-order valence-electron chi connectivity index (χ3n) is 2.78. The minimum Gasteiger partial charge on any atom is -0.299 e. The largest absolute Gasteiger partial charge is 0.299 e. The SMILES string of the molecule is CC(=O)[C@@H]1C(=O)[C@@H](Cl)C(C)(C)[C@H](Br)C1=O. The highest BCUT2D eigenvalue weighted by Crippen LogP contribution is 2.42. The van der Waals surface area contributed by atoms with Gasteiger partial charge in [-0.05, 0) is 6.92 Å². The van der Waals surface area contributed by atoms with E-state index in [1.165, 1.54) is 6.92 Å². The molecule has 0 N–H and O–H groups in total. The average molecular weight is 296 g/mol. The summed E-state index contributed by atoms with van der Waals surface area (Å²) in [5.74, 6) is -2.48. The van der Waals surface area contributed by atoms with Crippen LogP contribution < -0.4 is 0 Å². The fourth-order valence-corrected chi connectivity index (χ4v) is 2.63. The maximum absolute atomic E-state index is 11.8. The molecule has 0 aliphatic heterocycles. The molecule has 84 valence electrons. The fraction of sp³-hybridized carbons (Fsp3) is 0.700. The van der Waals surface area contributed by atoms with Crippen LogP contribution in [0.25, 0.3) is 0 Å². The first-order valence-electron chi connectivity index (χ1n) is 4.57. The highest BCUT2D eigenvalue weighted by atomic mass is 79.9. The first kappa shape index (κ1) is 12.8. The lowest BCUT2D eigenvalue weighted by atomic mass is 9.70. The molecule has 3 nitrogen and oxygen atoms in total. The molecule has 0 aromatic carbocycles. The summed E-state index contributed by atoms with van der Waals surface area (Å²) in [5, 5.41) is -0.812. The first-order valence-corrected chi connectivity index (χ1v) is 5.92. The van der Waals surface area contributed by atoms with Crippen LogP contribution in [0.3, 0.4) is 0 Å². The van der Waals surface area contributed by atoms with Crippen molar-refractivity contribution in [3.8, 4) is 0 Å². The fourth-order valence-electron chi connectivity index (χ4n) is 1.70. The summed E-state index contributed by atoms with van der Waals surface area (Å²) in [6.07, 6.45) is 0. The molecule has 3 atom stereocenters. The molecule has 1 aliphatic rings. The molecule has 0 radical (unpaired) electrons. The number of carbonyl (C=O) groups is 3. The molecular formula is C10H12BrClO3. The van der Waals surface area contributed by atoms with Crippen LogP contribution in [0.5, 0.6) is 0 Å². The summed E-state index contributed by atoms with van der Waals surface area (Å²) < 4.78 is 0. The molecule has 0 aromatic rings. The topological polar surface area (TPSA) is 51.2 Å². The van der Waals surface area contributed by atoms with Crippen molar-refractivity contribution in [3.63, 3.8) is 0 Å². The second-order valence-electron chi connectivity index (χ2n) is 4.39. The van der Waals surface area contributed by atoms with Crippen molar-refractivity contribution in [2.75, 3.05) is 0 Å². The van der Waals surface area contributed by atoms with E-state index in [9.17, 15) is 14.4 Å². The predicted octanol–water partition coefficient (Wildman–Crippen LogP) is 1.74. The van der Waals surface area contributed by atoms with E-state index in [-0.39, 0.29) is 5.78 Å². The van der Waals surface area contributed by atoms with Crippen LogP contribution in [-0.2, 0) is 14.4 Å². The van der Waals surface area contributed by atoms with Gasteiger partial charge in [-0.25, -0.2) is 0 Å². The van der Waals surface area contributed by atoms with Crippen LogP contribution >= 0.6 is 27.5 Å². The Morgan fingerprint density at radius 2 is 1.80 bits per heavy atom. The molecule has 5 heteroatoms. The standard InChI is InChI=1S/C10H12BrClO3/c1-4(13)5-6(14)8(11)10(2,3)9(12)7(5)15/h5,8-9H,1-3H3/t5-,8+,9+/m0/s1. The van der Waals surface area contributed by atoms with Gasteiger partial charge in [0.05, 0.1) is 10.2 Å². The number of hydrogen-bond acceptors (Lipinski definition) is 3. The van der Waals surface area contributed by atoms with Gasteiger partial charge in [0.1, 0.15) is 11.7 Å². The monoisotopic (exact) mass is 294 g/mol. The zero-order valence-corrected chi connectivity index (χ0v) is 11.1. The van der Waals surface area contributed by atoms with Gasteiger partial charge in [-0.15, -0.1) is 11.6 Å². The van der Waals surface area contributed by atoms with E-state index in [1.54, 1.807) is 13.8 Å². The first-order chi connectivity index (χ1) is 6.71. The predicted molar refractivity (Wildman–Crippen MR) is 60.3 cm³/mol. The zero-order valence-electron chi connectivity index (χ0n) is 8.71. The van der Waals surface area contributed by atoms with E-state index in [0.29, 0.717) is 0 Å². The van der Waals surface area contributed by atoms with E-state index in [4.69, 9.17) is 11.6 Å². The lowest BCUT2D eigenvalue weighted by Crippen LogP contribution is -2.55. The van der Waals surface area contributed by atoms with Gasteiger partial charge >= 0.3 is 0 Å². The van der Waals surface area contributed by atoms with Crippen molar-refractivity contribution in [1.82, 2.24) is 0 Å². The zero-order chi connectivity index (χ0) is 12.0. The van der Waals surface area contributed by atoms with Gasteiger partial charge in [0.2, 0.25) is 0 Å². The Morgan fingerprint density at radius 3 is 2.20 bits per heavy atom. The van der Waals surface area contributed by atoms with Crippen LogP contribution in [0.15, 0.2) is 0 Å². The Labute approximate surface area is 102 Å². The smallest absolute Gasteiger partial charge is 0.169 e. The van der Waals surface area contributed by atoms with Crippen molar-refractivity contribution in [2.45, 2.75) is 31.0 Å². The number of hydrogen-bond donors (Lipinski definition) is 0. The third kappa shape index (κ3) is 1.89. The van der Waals surface area contributed by atoms with Crippen LogP contribution in [0.1, 0.15) is 20.8 Å². The van der Waals surface area contributed by atoms with E-state index >= 15 is 0 Å². The lowest BCUT2D eigenvalue weighted by Gasteiger charge is -2.39. The Balaban J connectivity index is 3.17. The van der Waals surface area contributed by atoms with Crippen molar-refractivity contribution < 1.29 is 14.4 Å². The number of rotatable bonds is 1. The normalized spacial score (nSPS) is 35.4. The summed E-state index contributed by atoms with van der Waals surface area (Å²) in [6.45, 7) is 4.70. The number of halogens is 2. The molecule has 0 unspecified atom stereocenters. The van der Waals surface area contributed by atoms with E-state index in [2.05, 4.69) is 15.9 Å². The molecule has 0 spiro atoms. The highest BCUT2D eigenvalue weighted by molar-refractivity contribution is 9.10. The van der Waals surface area contributed by atoms with Gasteiger partial charge < -0.3 is 0 Å². The molecule has 1 aliphatic carbocycles. The van der Waals surface area contributed by atoms with Crippen LogP contribution in [0.2, 0.25) is 0 Å². The minimum absolute atomic E-state index is 0.380. The summed E-state index contributed by atoms with van der Waals surface area (Å²) in [7, 11) is 0. The molecule has 1 saturated carbocycles. The van der Waals surface area contributed by atoms with Crippen molar-refractivity contribution in [3.05, 3.63) is 0 Å². The summed E-state index contributed by atoms with van der Waals surface area (Å²) in [6, 6.07) is 0. The quantitative estimate of drug-likeness (QED) is 0.547. The number of alkyl halides is 2. The van der Waals surface area contributed by atoms with E-state index in [1.807, 2.05) is 0 Å². The molecule has 0 aromatic heterocycles. The van der Waals surface area contributed by atoms with Crippen LogP contribution in [0.4, 0.5) is 0 Å². The van der Waals surface area contributed by atoms with Crippen molar-refractivity contribution in [1.29, 1.82) is 0 Å². The van der Waals surface area contributed by atoms with Gasteiger partial charge in [-0.1, -0.05) is 29.8 Å². The Morgan fingerprint density at radius 1 is 1.33 bits per heavy atom.